The number of fused-ring (bicyclic) bond motifs is 1. The van der Waals surface area contributed by atoms with Gasteiger partial charge in [0.1, 0.15) is 0 Å². The van der Waals surface area contributed by atoms with E-state index < -0.39 is 0 Å². The van der Waals surface area contributed by atoms with Crippen molar-refractivity contribution in [2.24, 2.45) is 0 Å². The summed E-state index contributed by atoms with van der Waals surface area (Å²) < 4.78 is 0. The fraction of sp³-hybridized carbons (Fsp3) is 0.188. The molecule has 2 aromatic carbocycles. The largest absolute Gasteiger partial charge is 0.326 e. The second-order valence-corrected chi connectivity index (χ2v) is 6.75. The summed E-state index contributed by atoms with van der Waals surface area (Å²) in [5, 5.41) is 4.21. The Morgan fingerprint density at radius 3 is 2.71 bits per heavy atom. The van der Waals surface area contributed by atoms with Gasteiger partial charge in [0, 0.05) is 22.2 Å². The maximum atomic E-state index is 11.4. The molecule has 21 heavy (non-hydrogen) atoms. The lowest BCUT2D eigenvalue weighted by atomic mass is 9.97. The lowest BCUT2D eigenvalue weighted by Crippen LogP contribution is -2.19. The molecule has 2 nitrogen and oxygen atoms in total. The minimum absolute atomic E-state index is 0.0355. The van der Waals surface area contributed by atoms with E-state index in [0.717, 1.165) is 28.8 Å². The summed E-state index contributed by atoms with van der Waals surface area (Å²) in [7, 11) is 0. The monoisotopic (exact) mass is 383 g/mol. The summed E-state index contributed by atoms with van der Waals surface area (Å²) >= 11 is 16.0. The molecule has 0 fully saturated rings. The number of halogens is 3. The standard InChI is InChI=1S/C16H12BrCl2NO/c17-16(12-8-11(18)3-4-13(12)19)10-1-5-14-9(7-10)2-6-15(21)20-14/h1,3-5,7-8,16H,2,6H2,(H,20,21). The topological polar surface area (TPSA) is 29.1 Å². The summed E-state index contributed by atoms with van der Waals surface area (Å²) in [6, 6.07) is 11.5. The van der Waals surface area contributed by atoms with Crippen LogP contribution in [0.15, 0.2) is 36.4 Å². The molecule has 0 spiro atoms. The summed E-state index contributed by atoms with van der Waals surface area (Å²) in [5.41, 5.74) is 4.07. The molecule has 0 radical (unpaired) electrons. The van der Waals surface area contributed by atoms with Gasteiger partial charge in [-0.1, -0.05) is 51.3 Å². The van der Waals surface area contributed by atoms with Gasteiger partial charge in [-0.2, -0.15) is 0 Å². The molecule has 0 aromatic heterocycles. The summed E-state index contributed by atoms with van der Waals surface area (Å²) in [4.78, 5) is 11.4. The van der Waals surface area contributed by atoms with Crippen molar-refractivity contribution >= 4 is 50.7 Å². The molecule has 1 heterocycles. The van der Waals surface area contributed by atoms with Crippen LogP contribution in [0.2, 0.25) is 10.0 Å². The highest BCUT2D eigenvalue weighted by atomic mass is 79.9. The van der Waals surface area contributed by atoms with E-state index in [1.165, 1.54) is 0 Å². The van der Waals surface area contributed by atoms with E-state index >= 15 is 0 Å². The molecule has 1 N–H and O–H groups in total. The SMILES string of the molecule is O=C1CCc2cc(C(Br)c3cc(Cl)ccc3Cl)ccc2N1. The number of nitrogens with one attached hydrogen (secondary N) is 1. The van der Waals surface area contributed by atoms with Crippen LogP contribution in [0.4, 0.5) is 5.69 Å². The van der Waals surface area contributed by atoms with Crippen molar-refractivity contribution in [3.8, 4) is 0 Å². The maximum Gasteiger partial charge on any atom is 0.224 e. The van der Waals surface area contributed by atoms with Crippen LogP contribution in [0.5, 0.6) is 0 Å². The van der Waals surface area contributed by atoms with Gasteiger partial charge in [-0.25, -0.2) is 0 Å². The lowest BCUT2D eigenvalue weighted by molar-refractivity contribution is -0.116. The van der Waals surface area contributed by atoms with E-state index in [0.29, 0.717) is 16.5 Å². The van der Waals surface area contributed by atoms with E-state index in [1.54, 1.807) is 12.1 Å². The van der Waals surface area contributed by atoms with E-state index in [4.69, 9.17) is 23.2 Å². The molecule has 0 aliphatic carbocycles. The molecule has 3 rings (SSSR count). The number of alkyl halides is 1. The van der Waals surface area contributed by atoms with E-state index in [-0.39, 0.29) is 10.7 Å². The smallest absolute Gasteiger partial charge is 0.224 e. The Kier molecular flexibility index (Phi) is 4.25. The first kappa shape index (κ1) is 14.9. The summed E-state index contributed by atoms with van der Waals surface area (Å²) in [5.74, 6) is 0.0727. The molecule has 0 bridgehead atoms. The van der Waals surface area contributed by atoms with Gasteiger partial charge in [-0.3, -0.25) is 4.79 Å². The van der Waals surface area contributed by atoms with Crippen LogP contribution in [0, 0.1) is 0 Å². The fourth-order valence-corrected chi connectivity index (χ4v) is 3.65. The number of rotatable bonds is 2. The minimum Gasteiger partial charge on any atom is -0.326 e. The number of aryl methyl sites for hydroxylation is 1. The number of hydrogen-bond acceptors (Lipinski definition) is 1. The maximum absolute atomic E-state index is 11.4. The van der Waals surface area contributed by atoms with Crippen molar-refractivity contribution in [2.75, 3.05) is 5.32 Å². The third kappa shape index (κ3) is 3.10. The lowest BCUT2D eigenvalue weighted by Gasteiger charge is -2.20. The Labute approximate surface area is 141 Å². The van der Waals surface area contributed by atoms with Crippen LogP contribution in [-0.4, -0.2) is 5.91 Å². The van der Waals surface area contributed by atoms with Gasteiger partial charge >= 0.3 is 0 Å². The van der Waals surface area contributed by atoms with Crippen molar-refractivity contribution in [3.05, 3.63) is 63.1 Å². The molecular formula is C16H12BrCl2NO. The Balaban J connectivity index is 1.97. The van der Waals surface area contributed by atoms with Crippen LogP contribution in [0.3, 0.4) is 0 Å². The van der Waals surface area contributed by atoms with Gasteiger partial charge in [-0.05, 0) is 47.4 Å². The van der Waals surface area contributed by atoms with Gasteiger partial charge in [0.2, 0.25) is 5.91 Å². The first-order valence-electron chi connectivity index (χ1n) is 6.56. The molecule has 5 heteroatoms. The number of anilines is 1. The Morgan fingerprint density at radius 2 is 1.90 bits per heavy atom. The molecule has 1 atom stereocenters. The number of hydrogen-bond donors (Lipinski definition) is 1. The molecule has 1 unspecified atom stereocenters. The Bertz CT molecular complexity index is 717. The van der Waals surface area contributed by atoms with E-state index in [9.17, 15) is 4.79 Å². The zero-order valence-corrected chi connectivity index (χ0v) is 14.1. The Morgan fingerprint density at radius 1 is 1.10 bits per heavy atom. The average Bonchev–Trinajstić information content (AvgIpc) is 2.48. The molecule has 1 amide bonds. The Hall–Kier alpha value is -1.03. The summed E-state index contributed by atoms with van der Waals surface area (Å²) in [6.45, 7) is 0. The molecule has 1 aliphatic heterocycles. The van der Waals surface area contributed by atoms with Crippen LogP contribution >= 0.6 is 39.1 Å². The van der Waals surface area contributed by atoms with Gasteiger partial charge in [0.05, 0.1) is 4.83 Å². The minimum atomic E-state index is -0.0355. The highest BCUT2D eigenvalue weighted by Gasteiger charge is 2.19. The van der Waals surface area contributed by atoms with Gasteiger partial charge in [0.15, 0.2) is 0 Å². The second kappa shape index (κ2) is 5.99. The van der Waals surface area contributed by atoms with Crippen LogP contribution in [-0.2, 0) is 11.2 Å². The van der Waals surface area contributed by atoms with Crippen molar-refractivity contribution in [2.45, 2.75) is 17.7 Å². The van der Waals surface area contributed by atoms with Crippen LogP contribution in [0.25, 0.3) is 0 Å². The quantitative estimate of drug-likeness (QED) is 0.693. The van der Waals surface area contributed by atoms with Crippen molar-refractivity contribution < 1.29 is 4.79 Å². The van der Waals surface area contributed by atoms with Crippen molar-refractivity contribution in [3.63, 3.8) is 0 Å². The third-order valence-electron chi connectivity index (χ3n) is 3.55. The van der Waals surface area contributed by atoms with E-state index in [2.05, 4.69) is 27.3 Å². The van der Waals surface area contributed by atoms with Gasteiger partial charge in [-0.15, -0.1) is 0 Å². The zero-order chi connectivity index (χ0) is 15.0. The predicted molar refractivity (Wildman–Crippen MR) is 90.6 cm³/mol. The van der Waals surface area contributed by atoms with E-state index in [1.807, 2.05) is 18.2 Å². The first-order valence-corrected chi connectivity index (χ1v) is 8.23. The molecule has 1 aliphatic rings. The number of carbonyl (C=O) groups excluding carboxylic acids is 1. The van der Waals surface area contributed by atoms with Crippen LogP contribution in [0.1, 0.15) is 27.9 Å². The predicted octanol–water partition coefficient (Wildman–Crippen LogP) is 5.36. The number of benzene rings is 2. The van der Waals surface area contributed by atoms with Gasteiger partial charge in [0.25, 0.3) is 0 Å². The zero-order valence-electron chi connectivity index (χ0n) is 11.0. The first-order chi connectivity index (χ1) is 10.0. The second-order valence-electron chi connectivity index (χ2n) is 4.99. The van der Waals surface area contributed by atoms with Gasteiger partial charge < -0.3 is 5.32 Å². The normalized spacial score (nSPS) is 15.3. The number of carbonyl (C=O) groups is 1. The molecule has 108 valence electrons. The molecule has 2 aromatic rings. The highest BCUT2D eigenvalue weighted by Crippen LogP contribution is 2.38. The number of amides is 1. The van der Waals surface area contributed by atoms with Crippen molar-refractivity contribution in [1.29, 1.82) is 0 Å². The molecule has 0 saturated carbocycles. The highest BCUT2D eigenvalue weighted by molar-refractivity contribution is 9.09. The van der Waals surface area contributed by atoms with Crippen molar-refractivity contribution in [1.82, 2.24) is 0 Å². The molecule has 0 saturated heterocycles. The average molecular weight is 385 g/mol. The molecular weight excluding hydrogens is 373 g/mol. The summed E-state index contributed by atoms with van der Waals surface area (Å²) in [6.07, 6.45) is 1.29. The fourth-order valence-electron chi connectivity index (χ4n) is 2.45. The van der Waals surface area contributed by atoms with Crippen LogP contribution < -0.4 is 5.32 Å². The third-order valence-corrected chi connectivity index (χ3v) is 5.15.